The number of carbonyl (C=O) groups is 1. The van der Waals surface area contributed by atoms with Gasteiger partial charge in [0.05, 0.1) is 12.4 Å². The summed E-state index contributed by atoms with van der Waals surface area (Å²) in [7, 11) is 0. The Labute approximate surface area is 162 Å². The summed E-state index contributed by atoms with van der Waals surface area (Å²) in [5.74, 6) is -0.213. The summed E-state index contributed by atoms with van der Waals surface area (Å²) in [6.45, 7) is 2.22. The Morgan fingerprint density at radius 2 is 1.57 bits per heavy atom. The number of nitrogens with zero attached hydrogens (tertiary/aromatic N) is 3. The molecule has 2 aromatic carbocycles. The van der Waals surface area contributed by atoms with Crippen molar-refractivity contribution in [3.63, 3.8) is 0 Å². The highest BCUT2D eigenvalue weighted by molar-refractivity contribution is 6.02. The third kappa shape index (κ3) is 4.25. The maximum atomic E-state index is 12.9. The van der Waals surface area contributed by atoms with Crippen molar-refractivity contribution in [1.29, 1.82) is 0 Å². The Bertz CT molecular complexity index is 936. The van der Waals surface area contributed by atoms with E-state index in [1.165, 1.54) is 55.2 Å². The largest absolute Gasteiger partial charge is 0.372 e. The fraction of sp³-hybridized carbons (Fsp3) is 0.190. The van der Waals surface area contributed by atoms with Gasteiger partial charge in [-0.25, -0.2) is 14.4 Å². The fourth-order valence-electron chi connectivity index (χ4n) is 3.12. The third-order valence-electron chi connectivity index (χ3n) is 4.60. The second-order valence-electron chi connectivity index (χ2n) is 6.61. The SMILES string of the molecule is O=C(Nc1ccc(F)cc1)c1cnc(Nc2ccc(N3CCCC3)cc2)cn1. The molecule has 0 saturated carbocycles. The number of anilines is 4. The van der Waals surface area contributed by atoms with E-state index in [1.807, 2.05) is 12.1 Å². The van der Waals surface area contributed by atoms with Gasteiger partial charge in [0.15, 0.2) is 0 Å². The third-order valence-corrected chi connectivity index (χ3v) is 4.60. The van der Waals surface area contributed by atoms with E-state index >= 15 is 0 Å². The highest BCUT2D eigenvalue weighted by Gasteiger charge is 2.12. The van der Waals surface area contributed by atoms with E-state index < -0.39 is 5.91 Å². The Morgan fingerprint density at radius 3 is 2.21 bits per heavy atom. The average molecular weight is 377 g/mol. The van der Waals surface area contributed by atoms with Crippen LogP contribution in [0, 0.1) is 5.82 Å². The van der Waals surface area contributed by atoms with Gasteiger partial charge in [0.25, 0.3) is 5.91 Å². The molecule has 1 fully saturated rings. The molecule has 2 N–H and O–H groups in total. The average Bonchev–Trinajstić information content (AvgIpc) is 3.26. The topological polar surface area (TPSA) is 70.2 Å². The first-order chi connectivity index (χ1) is 13.7. The number of halogens is 1. The lowest BCUT2D eigenvalue weighted by Gasteiger charge is -2.17. The molecule has 0 spiro atoms. The fourth-order valence-corrected chi connectivity index (χ4v) is 3.12. The van der Waals surface area contributed by atoms with Gasteiger partial charge in [-0.15, -0.1) is 0 Å². The van der Waals surface area contributed by atoms with Crippen molar-refractivity contribution in [1.82, 2.24) is 9.97 Å². The molecule has 0 aliphatic carbocycles. The second-order valence-corrected chi connectivity index (χ2v) is 6.61. The van der Waals surface area contributed by atoms with Crippen molar-refractivity contribution in [3.8, 4) is 0 Å². The molecule has 4 rings (SSSR count). The summed E-state index contributed by atoms with van der Waals surface area (Å²) < 4.78 is 12.9. The molecular formula is C21H20FN5O. The summed E-state index contributed by atoms with van der Waals surface area (Å²) in [6, 6.07) is 13.7. The van der Waals surface area contributed by atoms with Gasteiger partial charge in [-0.2, -0.15) is 0 Å². The molecule has 1 aliphatic rings. The molecule has 0 atom stereocenters. The Morgan fingerprint density at radius 1 is 0.893 bits per heavy atom. The van der Waals surface area contributed by atoms with E-state index in [2.05, 4.69) is 37.6 Å². The van der Waals surface area contributed by atoms with Crippen LogP contribution < -0.4 is 15.5 Å². The highest BCUT2D eigenvalue weighted by Crippen LogP contribution is 2.23. The lowest BCUT2D eigenvalue weighted by molar-refractivity contribution is 0.102. The maximum absolute atomic E-state index is 12.9. The molecule has 142 valence electrons. The zero-order valence-electron chi connectivity index (χ0n) is 15.2. The van der Waals surface area contributed by atoms with Crippen molar-refractivity contribution in [2.45, 2.75) is 12.8 Å². The van der Waals surface area contributed by atoms with Crippen LogP contribution >= 0.6 is 0 Å². The van der Waals surface area contributed by atoms with Crippen molar-refractivity contribution in [3.05, 3.63) is 72.4 Å². The van der Waals surface area contributed by atoms with Gasteiger partial charge in [-0.05, 0) is 61.4 Å². The standard InChI is InChI=1S/C21H20FN5O/c22-15-3-5-17(6-4-15)26-21(28)19-13-24-20(14-23-19)25-16-7-9-18(10-8-16)27-11-1-2-12-27/h3-10,13-14H,1-2,11-12H2,(H,24,25)(H,26,28). The summed E-state index contributed by atoms with van der Waals surface area (Å²) in [5.41, 5.74) is 2.80. The number of nitrogens with one attached hydrogen (secondary N) is 2. The molecular weight excluding hydrogens is 357 g/mol. The molecule has 0 unspecified atom stereocenters. The van der Waals surface area contributed by atoms with Crippen LogP contribution in [0.15, 0.2) is 60.9 Å². The van der Waals surface area contributed by atoms with Gasteiger partial charge < -0.3 is 15.5 Å². The highest BCUT2D eigenvalue weighted by atomic mass is 19.1. The number of benzene rings is 2. The van der Waals surface area contributed by atoms with Crippen LogP contribution in [0.25, 0.3) is 0 Å². The first-order valence-electron chi connectivity index (χ1n) is 9.18. The van der Waals surface area contributed by atoms with Crippen LogP contribution in [0.5, 0.6) is 0 Å². The minimum absolute atomic E-state index is 0.180. The number of hydrogen-bond donors (Lipinski definition) is 2. The molecule has 6 nitrogen and oxygen atoms in total. The lowest BCUT2D eigenvalue weighted by atomic mass is 10.2. The van der Waals surface area contributed by atoms with Crippen LogP contribution in [0.3, 0.4) is 0 Å². The van der Waals surface area contributed by atoms with Crippen molar-refractivity contribution >= 4 is 28.8 Å². The van der Waals surface area contributed by atoms with E-state index in [4.69, 9.17) is 0 Å². The van der Waals surface area contributed by atoms with E-state index in [0.29, 0.717) is 11.5 Å². The van der Waals surface area contributed by atoms with Crippen LogP contribution in [0.4, 0.5) is 27.3 Å². The summed E-state index contributed by atoms with van der Waals surface area (Å²) >= 11 is 0. The maximum Gasteiger partial charge on any atom is 0.275 e. The van der Waals surface area contributed by atoms with Crippen molar-refractivity contribution in [2.24, 2.45) is 0 Å². The monoisotopic (exact) mass is 377 g/mol. The number of amides is 1. The molecule has 28 heavy (non-hydrogen) atoms. The van der Waals surface area contributed by atoms with Gasteiger partial charge in [-0.3, -0.25) is 4.79 Å². The quantitative estimate of drug-likeness (QED) is 0.697. The van der Waals surface area contributed by atoms with Gasteiger partial charge >= 0.3 is 0 Å². The van der Waals surface area contributed by atoms with Gasteiger partial charge in [0, 0.05) is 30.2 Å². The minimum atomic E-state index is -0.402. The lowest BCUT2D eigenvalue weighted by Crippen LogP contribution is -2.17. The van der Waals surface area contributed by atoms with Crippen LogP contribution in [-0.2, 0) is 0 Å². The number of rotatable bonds is 5. The summed E-state index contributed by atoms with van der Waals surface area (Å²) in [4.78, 5) is 23.0. The first kappa shape index (κ1) is 17.9. The molecule has 1 saturated heterocycles. The number of carbonyl (C=O) groups excluding carboxylic acids is 1. The summed E-state index contributed by atoms with van der Waals surface area (Å²) in [5, 5.41) is 5.83. The van der Waals surface area contributed by atoms with E-state index in [0.717, 1.165) is 18.8 Å². The van der Waals surface area contributed by atoms with Crippen LogP contribution in [0.2, 0.25) is 0 Å². The molecule has 1 aromatic heterocycles. The normalized spacial score (nSPS) is 13.4. The van der Waals surface area contributed by atoms with E-state index in [1.54, 1.807) is 0 Å². The summed E-state index contributed by atoms with van der Waals surface area (Å²) in [6.07, 6.45) is 5.40. The van der Waals surface area contributed by atoms with Crippen molar-refractivity contribution in [2.75, 3.05) is 28.6 Å². The molecule has 1 aliphatic heterocycles. The van der Waals surface area contributed by atoms with Crippen molar-refractivity contribution < 1.29 is 9.18 Å². The first-order valence-corrected chi connectivity index (χ1v) is 9.18. The number of aromatic nitrogens is 2. The van der Waals surface area contributed by atoms with Crippen LogP contribution in [-0.4, -0.2) is 29.0 Å². The smallest absolute Gasteiger partial charge is 0.275 e. The second kappa shape index (κ2) is 8.04. The zero-order chi connectivity index (χ0) is 19.3. The molecule has 1 amide bonds. The zero-order valence-corrected chi connectivity index (χ0v) is 15.2. The Kier molecular flexibility index (Phi) is 5.14. The molecule has 3 aromatic rings. The Balaban J connectivity index is 1.37. The van der Waals surface area contributed by atoms with E-state index in [-0.39, 0.29) is 11.5 Å². The molecule has 0 radical (unpaired) electrons. The Hall–Kier alpha value is -3.48. The van der Waals surface area contributed by atoms with Gasteiger partial charge in [0.2, 0.25) is 0 Å². The van der Waals surface area contributed by atoms with Crippen LogP contribution in [0.1, 0.15) is 23.3 Å². The van der Waals surface area contributed by atoms with E-state index in [9.17, 15) is 9.18 Å². The van der Waals surface area contributed by atoms with Gasteiger partial charge in [0.1, 0.15) is 17.3 Å². The number of hydrogen-bond acceptors (Lipinski definition) is 5. The molecule has 7 heteroatoms. The predicted molar refractivity (Wildman–Crippen MR) is 108 cm³/mol. The minimum Gasteiger partial charge on any atom is -0.372 e. The predicted octanol–water partition coefficient (Wildman–Crippen LogP) is 4.21. The molecule has 2 heterocycles. The molecule has 0 bridgehead atoms. The van der Waals surface area contributed by atoms with Gasteiger partial charge in [-0.1, -0.05) is 0 Å².